The fourth-order valence-corrected chi connectivity index (χ4v) is 3.30. The predicted octanol–water partition coefficient (Wildman–Crippen LogP) is 2.81. The number of amides is 2. The summed E-state index contributed by atoms with van der Waals surface area (Å²) in [6, 6.07) is 7.88. The highest BCUT2D eigenvalue weighted by molar-refractivity contribution is 6.08. The molecule has 0 aliphatic carbocycles. The van der Waals surface area contributed by atoms with Gasteiger partial charge in [-0.05, 0) is 13.0 Å². The minimum Gasteiger partial charge on any atom is -0.358 e. The molecular formula is C19H25N3O2. The summed E-state index contributed by atoms with van der Waals surface area (Å²) < 4.78 is 0. The zero-order chi connectivity index (χ0) is 17.5. The Morgan fingerprint density at radius 2 is 1.58 bits per heavy atom. The number of hydrogen-bond acceptors (Lipinski definition) is 2. The second-order valence-electron chi connectivity index (χ2n) is 7.50. The number of nitrogens with one attached hydrogen (secondary N) is 1. The lowest BCUT2D eigenvalue weighted by atomic mass is 9.94. The molecular weight excluding hydrogens is 302 g/mol. The highest BCUT2D eigenvalue weighted by Crippen LogP contribution is 2.24. The number of benzene rings is 1. The van der Waals surface area contributed by atoms with E-state index in [4.69, 9.17) is 0 Å². The Kier molecular flexibility index (Phi) is 4.11. The van der Waals surface area contributed by atoms with Crippen LogP contribution in [-0.4, -0.2) is 52.8 Å². The third kappa shape index (κ3) is 2.90. The lowest BCUT2D eigenvalue weighted by Crippen LogP contribution is -2.53. The first kappa shape index (κ1) is 16.6. The quantitative estimate of drug-likeness (QED) is 0.875. The Hall–Kier alpha value is -2.30. The number of piperazine rings is 1. The van der Waals surface area contributed by atoms with Crippen molar-refractivity contribution in [2.24, 2.45) is 5.41 Å². The van der Waals surface area contributed by atoms with E-state index in [1.807, 2.05) is 61.8 Å². The van der Waals surface area contributed by atoms with Crippen LogP contribution in [0.2, 0.25) is 0 Å². The van der Waals surface area contributed by atoms with Gasteiger partial charge < -0.3 is 14.8 Å². The van der Waals surface area contributed by atoms with Crippen molar-refractivity contribution in [3.05, 3.63) is 35.5 Å². The zero-order valence-corrected chi connectivity index (χ0v) is 14.8. The van der Waals surface area contributed by atoms with Gasteiger partial charge in [-0.1, -0.05) is 39.0 Å². The Balaban J connectivity index is 1.76. The molecule has 2 aromatic rings. The molecule has 0 unspecified atom stereocenters. The van der Waals surface area contributed by atoms with Gasteiger partial charge in [0.25, 0.3) is 5.91 Å². The van der Waals surface area contributed by atoms with Crippen LogP contribution in [0.3, 0.4) is 0 Å². The maximum absolute atomic E-state index is 13.0. The van der Waals surface area contributed by atoms with Gasteiger partial charge in [-0.2, -0.15) is 0 Å². The van der Waals surface area contributed by atoms with Crippen LogP contribution in [0.5, 0.6) is 0 Å². The van der Waals surface area contributed by atoms with Gasteiger partial charge in [-0.15, -0.1) is 0 Å². The fourth-order valence-electron chi connectivity index (χ4n) is 3.30. The highest BCUT2D eigenvalue weighted by atomic mass is 16.2. The first-order valence-corrected chi connectivity index (χ1v) is 8.45. The first-order chi connectivity index (χ1) is 11.3. The molecule has 1 aromatic heterocycles. The Morgan fingerprint density at radius 1 is 1.00 bits per heavy atom. The lowest BCUT2D eigenvalue weighted by molar-refractivity contribution is -0.140. The van der Waals surface area contributed by atoms with E-state index < -0.39 is 0 Å². The van der Waals surface area contributed by atoms with Crippen molar-refractivity contribution in [3.63, 3.8) is 0 Å². The van der Waals surface area contributed by atoms with E-state index in [0.29, 0.717) is 26.2 Å². The zero-order valence-electron chi connectivity index (χ0n) is 14.8. The molecule has 1 fully saturated rings. The number of carbonyl (C=O) groups is 2. The smallest absolute Gasteiger partial charge is 0.256 e. The van der Waals surface area contributed by atoms with E-state index in [2.05, 4.69) is 4.98 Å². The summed E-state index contributed by atoms with van der Waals surface area (Å²) in [5, 5.41) is 0.966. The Labute approximate surface area is 142 Å². The first-order valence-electron chi connectivity index (χ1n) is 8.45. The molecule has 0 radical (unpaired) electrons. The van der Waals surface area contributed by atoms with Crippen LogP contribution in [0.15, 0.2) is 24.3 Å². The topological polar surface area (TPSA) is 56.4 Å². The molecule has 0 spiro atoms. The second kappa shape index (κ2) is 5.96. The van der Waals surface area contributed by atoms with Crippen molar-refractivity contribution in [1.29, 1.82) is 0 Å². The molecule has 128 valence electrons. The molecule has 1 aliphatic heterocycles. The Bertz CT molecular complexity index is 777. The number of nitrogens with zero attached hydrogens (tertiary/aromatic N) is 2. The van der Waals surface area contributed by atoms with Gasteiger partial charge in [0.2, 0.25) is 5.91 Å². The van der Waals surface area contributed by atoms with Crippen LogP contribution in [0.1, 0.15) is 36.8 Å². The van der Waals surface area contributed by atoms with Gasteiger partial charge in [0.05, 0.1) is 5.56 Å². The molecule has 2 amide bonds. The van der Waals surface area contributed by atoms with E-state index in [0.717, 1.165) is 22.2 Å². The van der Waals surface area contributed by atoms with Crippen molar-refractivity contribution >= 4 is 22.7 Å². The molecule has 24 heavy (non-hydrogen) atoms. The molecule has 5 heteroatoms. The number of H-pyrrole nitrogens is 1. The van der Waals surface area contributed by atoms with Crippen molar-refractivity contribution in [1.82, 2.24) is 14.8 Å². The maximum Gasteiger partial charge on any atom is 0.256 e. The van der Waals surface area contributed by atoms with E-state index in [1.165, 1.54) is 0 Å². The summed E-state index contributed by atoms with van der Waals surface area (Å²) >= 11 is 0. The summed E-state index contributed by atoms with van der Waals surface area (Å²) in [4.78, 5) is 32.3. The average molecular weight is 327 g/mol. The molecule has 0 atom stereocenters. The average Bonchev–Trinajstić information content (AvgIpc) is 2.88. The largest absolute Gasteiger partial charge is 0.358 e. The van der Waals surface area contributed by atoms with Crippen molar-refractivity contribution in [3.8, 4) is 0 Å². The summed E-state index contributed by atoms with van der Waals surface area (Å²) in [7, 11) is 0. The number of fused-ring (bicyclic) bond motifs is 1. The number of aryl methyl sites for hydroxylation is 1. The van der Waals surface area contributed by atoms with Crippen molar-refractivity contribution in [2.45, 2.75) is 27.7 Å². The molecule has 3 rings (SSSR count). The molecule has 1 aromatic carbocycles. The van der Waals surface area contributed by atoms with Crippen LogP contribution < -0.4 is 0 Å². The van der Waals surface area contributed by atoms with Crippen LogP contribution in [0.4, 0.5) is 0 Å². The molecule has 0 bridgehead atoms. The fraction of sp³-hybridized carbons (Fsp3) is 0.474. The molecule has 1 aliphatic rings. The van der Waals surface area contributed by atoms with Gasteiger partial charge in [-0.3, -0.25) is 9.59 Å². The van der Waals surface area contributed by atoms with Gasteiger partial charge in [-0.25, -0.2) is 0 Å². The number of aromatic nitrogens is 1. The lowest BCUT2D eigenvalue weighted by Gasteiger charge is -2.37. The third-order valence-electron chi connectivity index (χ3n) is 4.60. The third-order valence-corrected chi connectivity index (χ3v) is 4.60. The number of para-hydroxylation sites is 1. The number of carbonyl (C=O) groups excluding carboxylic acids is 2. The standard InChI is InChI=1S/C19H25N3O2/c1-13-16(14-7-5-6-8-15(14)20-13)17(23)21-9-11-22(12-10-21)18(24)19(2,3)4/h5-8,20H,9-12H2,1-4H3. The van der Waals surface area contributed by atoms with Crippen molar-refractivity contribution < 1.29 is 9.59 Å². The molecule has 5 nitrogen and oxygen atoms in total. The summed E-state index contributed by atoms with van der Waals surface area (Å²) in [5.74, 6) is 0.200. The molecule has 1 saturated heterocycles. The maximum atomic E-state index is 13.0. The number of aromatic amines is 1. The van der Waals surface area contributed by atoms with Crippen molar-refractivity contribution in [2.75, 3.05) is 26.2 Å². The molecule has 1 N–H and O–H groups in total. The van der Waals surface area contributed by atoms with Crippen LogP contribution >= 0.6 is 0 Å². The monoisotopic (exact) mass is 327 g/mol. The minimum atomic E-state index is -0.375. The van der Waals surface area contributed by atoms with E-state index >= 15 is 0 Å². The van der Waals surface area contributed by atoms with Crippen LogP contribution in [0, 0.1) is 12.3 Å². The summed E-state index contributed by atoms with van der Waals surface area (Å²) in [6.07, 6.45) is 0. The SMILES string of the molecule is Cc1[nH]c2ccccc2c1C(=O)N1CCN(C(=O)C(C)(C)C)CC1. The number of hydrogen-bond donors (Lipinski definition) is 1. The van der Waals surface area contributed by atoms with E-state index in [-0.39, 0.29) is 17.2 Å². The van der Waals surface area contributed by atoms with Gasteiger partial charge >= 0.3 is 0 Å². The van der Waals surface area contributed by atoms with E-state index in [9.17, 15) is 9.59 Å². The second-order valence-corrected chi connectivity index (χ2v) is 7.50. The molecule has 2 heterocycles. The van der Waals surface area contributed by atoms with Gasteiger partial charge in [0.1, 0.15) is 0 Å². The summed E-state index contributed by atoms with van der Waals surface area (Å²) in [5.41, 5.74) is 2.26. The normalized spacial score (nSPS) is 15.8. The molecule has 0 saturated carbocycles. The minimum absolute atomic E-state index is 0.0489. The number of rotatable bonds is 1. The van der Waals surface area contributed by atoms with Gasteiger partial charge in [0.15, 0.2) is 0 Å². The Morgan fingerprint density at radius 3 is 2.21 bits per heavy atom. The predicted molar refractivity (Wildman–Crippen MR) is 95.0 cm³/mol. The van der Waals surface area contributed by atoms with Gasteiger partial charge in [0, 0.05) is 48.2 Å². The highest BCUT2D eigenvalue weighted by Gasteiger charge is 2.31. The van der Waals surface area contributed by atoms with E-state index in [1.54, 1.807) is 0 Å². The van der Waals surface area contributed by atoms with Crippen LogP contribution in [0.25, 0.3) is 10.9 Å². The summed E-state index contributed by atoms with van der Waals surface area (Å²) in [6.45, 7) is 10.1. The van der Waals surface area contributed by atoms with Crippen LogP contribution in [-0.2, 0) is 4.79 Å².